The number of rotatable bonds is 3. The van der Waals surface area contributed by atoms with Crippen LogP contribution in [0.3, 0.4) is 0 Å². The minimum absolute atomic E-state index is 0.0837. The largest absolute Gasteiger partial charge is 0.353 e. The fraction of sp³-hybridized carbons (Fsp3) is 0.417. The second kappa shape index (κ2) is 5.59. The molecule has 0 radical (unpaired) electrons. The number of aryl methyl sites for hydroxylation is 1. The standard InChI is InChI=1S/C12H16N4O2/c1-8-3-2-4-13-9(8)5-16-12(18)10-6-15-11(17)7-14-10/h2-4,10,14H,5-7H2,1H3,(H,15,17)(H,16,18). The van der Waals surface area contributed by atoms with Crippen LogP contribution in [0.5, 0.6) is 0 Å². The van der Waals surface area contributed by atoms with Crippen LogP contribution in [-0.2, 0) is 16.1 Å². The van der Waals surface area contributed by atoms with E-state index in [1.165, 1.54) is 0 Å². The summed E-state index contributed by atoms with van der Waals surface area (Å²) in [6.07, 6.45) is 1.70. The van der Waals surface area contributed by atoms with Crippen molar-refractivity contribution in [3.63, 3.8) is 0 Å². The van der Waals surface area contributed by atoms with Gasteiger partial charge in [-0.05, 0) is 18.6 Å². The molecule has 1 aromatic heterocycles. The zero-order valence-electron chi connectivity index (χ0n) is 10.2. The van der Waals surface area contributed by atoms with E-state index >= 15 is 0 Å². The smallest absolute Gasteiger partial charge is 0.239 e. The van der Waals surface area contributed by atoms with E-state index in [9.17, 15) is 9.59 Å². The van der Waals surface area contributed by atoms with Gasteiger partial charge in [0.2, 0.25) is 11.8 Å². The van der Waals surface area contributed by atoms with Crippen molar-refractivity contribution in [2.45, 2.75) is 19.5 Å². The number of hydrogen-bond acceptors (Lipinski definition) is 4. The number of nitrogens with zero attached hydrogens (tertiary/aromatic N) is 1. The highest BCUT2D eigenvalue weighted by Gasteiger charge is 2.23. The normalized spacial score (nSPS) is 19.2. The molecule has 1 aliphatic heterocycles. The summed E-state index contributed by atoms with van der Waals surface area (Å²) in [6.45, 7) is 2.86. The first-order chi connectivity index (χ1) is 8.66. The first kappa shape index (κ1) is 12.5. The summed E-state index contributed by atoms with van der Waals surface area (Å²) in [7, 11) is 0. The van der Waals surface area contributed by atoms with Crippen LogP contribution < -0.4 is 16.0 Å². The Kier molecular flexibility index (Phi) is 3.88. The van der Waals surface area contributed by atoms with Gasteiger partial charge in [0.05, 0.1) is 18.8 Å². The molecule has 0 aliphatic carbocycles. The highest BCUT2D eigenvalue weighted by molar-refractivity contribution is 5.86. The fourth-order valence-electron chi connectivity index (χ4n) is 1.75. The molecule has 3 N–H and O–H groups in total. The van der Waals surface area contributed by atoms with E-state index in [1.807, 2.05) is 19.1 Å². The van der Waals surface area contributed by atoms with Crippen molar-refractivity contribution in [2.75, 3.05) is 13.1 Å². The maximum Gasteiger partial charge on any atom is 0.239 e. The Bertz CT molecular complexity index is 451. The molecule has 0 spiro atoms. The molecule has 1 atom stereocenters. The van der Waals surface area contributed by atoms with Gasteiger partial charge >= 0.3 is 0 Å². The summed E-state index contributed by atoms with van der Waals surface area (Å²) in [4.78, 5) is 27.0. The minimum atomic E-state index is -0.369. The van der Waals surface area contributed by atoms with Gasteiger partial charge in [-0.25, -0.2) is 0 Å². The first-order valence-electron chi connectivity index (χ1n) is 5.85. The monoisotopic (exact) mass is 248 g/mol. The molecular weight excluding hydrogens is 232 g/mol. The van der Waals surface area contributed by atoms with Gasteiger partial charge < -0.3 is 10.6 Å². The molecule has 6 heteroatoms. The van der Waals surface area contributed by atoms with Gasteiger partial charge in [0.25, 0.3) is 0 Å². The lowest BCUT2D eigenvalue weighted by Crippen LogP contribution is -2.57. The molecule has 1 aromatic rings. The molecule has 1 saturated heterocycles. The average Bonchev–Trinajstić information content (AvgIpc) is 2.38. The molecule has 1 fully saturated rings. The zero-order chi connectivity index (χ0) is 13.0. The molecule has 0 bridgehead atoms. The van der Waals surface area contributed by atoms with Crippen LogP contribution in [0, 0.1) is 6.92 Å². The third kappa shape index (κ3) is 3.04. The molecule has 96 valence electrons. The van der Waals surface area contributed by atoms with Crippen molar-refractivity contribution >= 4 is 11.8 Å². The molecule has 0 aromatic carbocycles. The summed E-state index contributed by atoms with van der Waals surface area (Å²) in [5.74, 6) is -0.209. The van der Waals surface area contributed by atoms with Crippen LogP contribution >= 0.6 is 0 Å². The summed E-state index contributed by atoms with van der Waals surface area (Å²) in [5, 5.41) is 8.33. The van der Waals surface area contributed by atoms with Crippen molar-refractivity contribution < 1.29 is 9.59 Å². The van der Waals surface area contributed by atoms with E-state index in [1.54, 1.807) is 6.20 Å². The van der Waals surface area contributed by atoms with Crippen molar-refractivity contribution in [2.24, 2.45) is 0 Å². The van der Waals surface area contributed by atoms with Gasteiger partial charge in [-0.3, -0.25) is 19.9 Å². The number of aromatic nitrogens is 1. The van der Waals surface area contributed by atoms with Crippen LogP contribution in [0.15, 0.2) is 18.3 Å². The second-order valence-corrected chi connectivity index (χ2v) is 4.22. The molecule has 2 heterocycles. The van der Waals surface area contributed by atoms with Crippen molar-refractivity contribution in [1.29, 1.82) is 0 Å². The van der Waals surface area contributed by atoms with Crippen LogP contribution in [0.25, 0.3) is 0 Å². The number of pyridine rings is 1. The number of hydrogen-bond donors (Lipinski definition) is 3. The lowest BCUT2D eigenvalue weighted by molar-refractivity contribution is -0.126. The Labute approximate surface area is 105 Å². The minimum Gasteiger partial charge on any atom is -0.353 e. The van der Waals surface area contributed by atoms with Gasteiger partial charge in [-0.1, -0.05) is 6.07 Å². The Hall–Kier alpha value is -1.95. The van der Waals surface area contributed by atoms with Crippen LogP contribution in [0.2, 0.25) is 0 Å². The number of nitrogens with one attached hydrogen (secondary N) is 3. The molecule has 18 heavy (non-hydrogen) atoms. The number of piperazine rings is 1. The lowest BCUT2D eigenvalue weighted by atomic mass is 10.2. The van der Waals surface area contributed by atoms with E-state index in [0.29, 0.717) is 13.1 Å². The quantitative estimate of drug-likeness (QED) is 0.647. The fourth-order valence-corrected chi connectivity index (χ4v) is 1.75. The Morgan fingerprint density at radius 1 is 1.61 bits per heavy atom. The third-order valence-electron chi connectivity index (χ3n) is 2.88. The Balaban J connectivity index is 1.85. The van der Waals surface area contributed by atoms with Gasteiger partial charge in [0.1, 0.15) is 6.04 Å². The topological polar surface area (TPSA) is 83.1 Å². The van der Waals surface area contributed by atoms with E-state index < -0.39 is 0 Å². The Morgan fingerprint density at radius 2 is 2.44 bits per heavy atom. The average molecular weight is 248 g/mol. The van der Waals surface area contributed by atoms with E-state index in [4.69, 9.17) is 0 Å². The van der Waals surface area contributed by atoms with Crippen LogP contribution in [0.1, 0.15) is 11.3 Å². The number of amides is 2. The van der Waals surface area contributed by atoms with Crippen LogP contribution in [-0.4, -0.2) is 35.9 Å². The molecule has 2 rings (SSSR count). The van der Waals surface area contributed by atoms with Crippen molar-refractivity contribution in [3.05, 3.63) is 29.6 Å². The third-order valence-corrected chi connectivity index (χ3v) is 2.88. The van der Waals surface area contributed by atoms with Gasteiger partial charge in [0, 0.05) is 12.7 Å². The number of carbonyl (C=O) groups excluding carboxylic acids is 2. The zero-order valence-corrected chi connectivity index (χ0v) is 10.2. The maximum absolute atomic E-state index is 11.8. The van der Waals surface area contributed by atoms with E-state index in [2.05, 4.69) is 20.9 Å². The predicted octanol–water partition coefficient (Wildman–Crippen LogP) is -0.906. The molecule has 1 aliphatic rings. The van der Waals surface area contributed by atoms with E-state index in [-0.39, 0.29) is 24.4 Å². The van der Waals surface area contributed by atoms with Crippen molar-refractivity contribution in [3.8, 4) is 0 Å². The van der Waals surface area contributed by atoms with Crippen molar-refractivity contribution in [1.82, 2.24) is 20.9 Å². The molecule has 1 unspecified atom stereocenters. The molecule has 0 saturated carbocycles. The summed E-state index contributed by atoms with van der Waals surface area (Å²) in [6, 6.07) is 3.44. The summed E-state index contributed by atoms with van der Waals surface area (Å²) < 4.78 is 0. The summed E-state index contributed by atoms with van der Waals surface area (Å²) in [5.41, 5.74) is 1.90. The highest BCUT2D eigenvalue weighted by atomic mass is 16.2. The highest BCUT2D eigenvalue weighted by Crippen LogP contribution is 2.02. The first-order valence-corrected chi connectivity index (χ1v) is 5.85. The van der Waals surface area contributed by atoms with Crippen LogP contribution in [0.4, 0.5) is 0 Å². The van der Waals surface area contributed by atoms with E-state index in [0.717, 1.165) is 11.3 Å². The number of carbonyl (C=O) groups is 2. The second-order valence-electron chi connectivity index (χ2n) is 4.22. The SMILES string of the molecule is Cc1cccnc1CNC(=O)C1CNC(=O)CN1. The lowest BCUT2D eigenvalue weighted by Gasteiger charge is -2.23. The maximum atomic E-state index is 11.8. The molecule has 6 nitrogen and oxygen atoms in total. The summed E-state index contributed by atoms with van der Waals surface area (Å²) >= 11 is 0. The predicted molar refractivity (Wildman–Crippen MR) is 65.6 cm³/mol. The molecule has 2 amide bonds. The van der Waals surface area contributed by atoms with Gasteiger partial charge in [-0.2, -0.15) is 0 Å². The van der Waals surface area contributed by atoms with Gasteiger partial charge in [0.15, 0.2) is 0 Å². The van der Waals surface area contributed by atoms with Gasteiger partial charge in [-0.15, -0.1) is 0 Å². The Morgan fingerprint density at radius 3 is 3.11 bits per heavy atom. The molecular formula is C12H16N4O2.